The molecule has 13 nitrogen and oxygen atoms in total. The first-order valence-corrected chi connectivity index (χ1v) is 13.8. The molecule has 2 aliphatic carbocycles. The van der Waals surface area contributed by atoms with E-state index in [1.54, 1.807) is 12.3 Å². The smallest absolute Gasteiger partial charge is 0.239 e. The average Bonchev–Trinajstić information content (AvgIpc) is 3.90. The number of aliphatic hydroxyl groups excluding tert-OH is 1. The standard InChI is InChI=1S/C28H32N10O3/c1-16-4-5-30-26(35-16)20-9-21(20)28(41)37-24-10-23(33-15-34-24)32-11-19-14-38-13-18(17-2-3-17)8-22(27(38)36-19)31-12-25(40)29-6-7-39/h4-5,8,10,13-15,17,20-21,31,39H,2-3,6-7,9,11-12H2,1H3,(H,29,40)(H2,32,33,34,37,41)/t20-,21-/m0/s1. The topological polar surface area (TPSA) is 171 Å². The number of anilines is 3. The van der Waals surface area contributed by atoms with Crippen molar-refractivity contribution in [3.63, 3.8) is 0 Å². The Balaban J connectivity index is 1.09. The van der Waals surface area contributed by atoms with E-state index >= 15 is 0 Å². The van der Waals surface area contributed by atoms with Gasteiger partial charge in [-0.25, -0.2) is 24.9 Å². The molecule has 6 rings (SSSR count). The van der Waals surface area contributed by atoms with E-state index < -0.39 is 0 Å². The second-order valence-corrected chi connectivity index (χ2v) is 10.5. The minimum Gasteiger partial charge on any atom is -0.395 e. The number of rotatable bonds is 12. The van der Waals surface area contributed by atoms with Crippen molar-refractivity contribution in [3.8, 4) is 0 Å². The number of pyridine rings is 1. The largest absolute Gasteiger partial charge is 0.395 e. The quantitative estimate of drug-likeness (QED) is 0.174. The molecule has 2 atom stereocenters. The number of nitrogens with one attached hydrogen (secondary N) is 4. The molecule has 4 heterocycles. The number of carbonyl (C=O) groups is 2. The monoisotopic (exact) mass is 556 g/mol. The molecule has 41 heavy (non-hydrogen) atoms. The summed E-state index contributed by atoms with van der Waals surface area (Å²) in [5, 5.41) is 20.9. The van der Waals surface area contributed by atoms with Gasteiger partial charge in [-0.05, 0) is 49.8 Å². The van der Waals surface area contributed by atoms with E-state index in [1.165, 1.54) is 11.9 Å². The lowest BCUT2D eigenvalue weighted by Crippen LogP contribution is -2.32. The molecule has 4 aromatic rings. The highest BCUT2D eigenvalue weighted by molar-refractivity contribution is 5.94. The summed E-state index contributed by atoms with van der Waals surface area (Å²) < 4.78 is 1.98. The van der Waals surface area contributed by atoms with Gasteiger partial charge in [-0.3, -0.25) is 9.59 Å². The number of carbonyl (C=O) groups excluding carboxylic acids is 2. The summed E-state index contributed by atoms with van der Waals surface area (Å²) in [5.74, 6) is 1.74. The van der Waals surface area contributed by atoms with Crippen molar-refractivity contribution in [3.05, 3.63) is 65.9 Å². The van der Waals surface area contributed by atoms with Crippen LogP contribution < -0.4 is 21.3 Å². The normalized spacial score (nSPS) is 17.7. The molecule has 2 saturated carbocycles. The van der Waals surface area contributed by atoms with Gasteiger partial charge in [0.25, 0.3) is 0 Å². The Morgan fingerprint density at radius 2 is 1.93 bits per heavy atom. The third-order valence-corrected chi connectivity index (χ3v) is 7.19. The Kier molecular flexibility index (Phi) is 7.42. The molecule has 0 radical (unpaired) electrons. The molecule has 0 aromatic carbocycles. The lowest BCUT2D eigenvalue weighted by Gasteiger charge is -2.10. The van der Waals surface area contributed by atoms with E-state index in [1.807, 2.05) is 23.6 Å². The fourth-order valence-electron chi connectivity index (χ4n) is 4.80. The molecule has 0 spiro atoms. The fraction of sp³-hybridized carbons (Fsp3) is 0.393. The highest BCUT2D eigenvalue weighted by Crippen LogP contribution is 2.46. The van der Waals surface area contributed by atoms with Crippen molar-refractivity contribution in [2.75, 3.05) is 35.6 Å². The summed E-state index contributed by atoms with van der Waals surface area (Å²) in [5.41, 5.74) is 4.37. The molecular formula is C28H32N10O3. The van der Waals surface area contributed by atoms with Gasteiger partial charge in [-0.15, -0.1) is 0 Å². The molecule has 0 saturated heterocycles. The first-order chi connectivity index (χ1) is 20.0. The Morgan fingerprint density at radius 1 is 1.07 bits per heavy atom. The predicted octanol–water partition coefficient (Wildman–Crippen LogP) is 1.97. The van der Waals surface area contributed by atoms with Crippen LogP contribution in [0.25, 0.3) is 5.65 Å². The van der Waals surface area contributed by atoms with Crippen LogP contribution in [-0.4, -0.2) is 65.9 Å². The van der Waals surface area contributed by atoms with Gasteiger partial charge in [0.05, 0.1) is 31.1 Å². The maximum Gasteiger partial charge on any atom is 0.239 e. The number of aliphatic hydroxyl groups is 1. The minimum atomic E-state index is -0.199. The fourth-order valence-corrected chi connectivity index (χ4v) is 4.80. The minimum absolute atomic E-state index is 0.0270. The van der Waals surface area contributed by atoms with Crippen LogP contribution in [0.5, 0.6) is 0 Å². The third kappa shape index (κ3) is 6.40. The number of hydrogen-bond acceptors (Lipinski definition) is 10. The van der Waals surface area contributed by atoms with Crippen LogP contribution in [0.3, 0.4) is 0 Å². The molecule has 5 N–H and O–H groups in total. The summed E-state index contributed by atoms with van der Waals surface area (Å²) in [6.45, 7) is 2.51. The first-order valence-electron chi connectivity index (χ1n) is 13.8. The van der Waals surface area contributed by atoms with Gasteiger partial charge in [0, 0.05) is 48.7 Å². The number of imidazole rings is 1. The number of hydrogen-bond donors (Lipinski definition) is 5. The zero-order valence-electron chi connectivity index (χ0n) is 22.7. The van der Waals surface area contributed by atoms with Gasteiger partial charge >= 0.3 is 0 Å². The van der Waals surface area contributed by atoms with E-state index in [4.69, 9.17) is 10.1 Å². The number of nitrogens with zero attached hydrogens (tertiary/aromatic N) is 6. The Morgan fingerprint density at radius 3 is 2.73 bits per heavy atom. The molecule has 2 fully saturated rings. The number of aryl methyl sites for hydroxylation is 1. The second-order valence-electron chi connectivity index (χ2n) is 10.5. The molecule has 0 aliphatic heterocycles. The SMILES string of the molecule is Cc1ccnc([C@H]2C[C@@H]2C(=O)Nc2cc(NCc3cn4cc(C5CC5)cc(NCC(=O)NCCO)c4n3)ncn2)n1. The van der Waals surface area contributed by atoms with E-state index in [9.17, 15) is 9.59 Å². The Labute approximate surface area is 236 Å². The Hall–Kier alpha value is -4.65. The van der Waals surface area contributed by atoms with E-state index in [0.717, 1.165) is 29.9 Å². The van der Waals surface area contributed by atoms with Gasteiger partial charge in [-0.2, -0.15) is 0 Å². The van der Waals surface area contributed by atoms with Crippen molar-refractivity contribution < 1.29 is 14.7 Å². The summed E-state index contributed by atoms with van der Waals surface area (Å²) in [7, 11) is 0. The number of fused-ring (bicyclic) bond motifs is 1. The lowest BCUT2D eigenvalue weighted by atomic mass is 10.2. The van der Waals surface area contributed by atoms with Crippen LogP contribution in [0.4, 0.5) is 17.3 Å². The maximum absolute atomic E-state index is 12.8. The molecule has 2 amide bonds. The van der Waals surface area contributed by atoms with Crippen molar-refractivity contribution in [1.82, 2.24) is 34.6 Å². The summed E-state index contributed by atoms with van der Waals surface area (Å²) in [6.07, 6.45) is 10.2. The maximum atomic E-state index is 12.8. The van der Waals surface area contributed by atoms with Crippen molar-refractivity contribution in [1.29, 1.82) is 0 Å². The molecule has 0 bridgehead atoms. The number of aromatic nitrogens is 6. The second kappa shape index (κ2) is 11.5. The van der Waals surface area contributed by atoms with E-state index in [-0.39, 0.29) is 43.3 Å². The molecule has 13 heteroatoms. The molecule has 2 aliphatic rings. The molecule has 4 aromatic heterocycles. The van der Waals surface area contributed by atoms with Gasteiger partial charge in [0.2, 0.25) is 11.8 Å². The van der Waals surface area contributed by atoms with E-state index in [0.29, 0.717) is 42.0 Å². The number of amides is 2. The van der Waals surface area contributed by atoms with Gasteiger partial charge in [0.1, 0.15) is 23.8 Å². The first kappa shape index (κ1) is 26.6. The average molecular weight is 557 g/mol. The molecular weight excluding hydrogens is 524 g/mol. The van der Waals surface area contributed by atoms with Crippen molar-refractivity contribution in [2.45, 2.75) is 44.6 Å². The van der Waals surface area contributed by atoms with Crippen LogP contribution in [0.15, 0.2) is 43.1 Å². The van der Waals surface area contributed by atoms with Crippen molar-refractivity contribution in [2.24, 2.45) is 5.92 Å². The third-order valence-electron chi connectivity index (χ3n) is 7.19. The summed E-state index contributed by atoms with van der Waals surface area (Å²) >= 11 is 0. The summed E-state index contributed by atoms with van der Waals surface area (Å²) in [6, 6.07) is 5.59. The van der Waals surface area contributed by atoms with Crippen LogP contribution in [-0.2, 0) is 16.1 Å². The van der Waals surface area contributed by atoms with Crippen LogP contribution in [0.1, 0.15) is 53.9 Å². The van der Waals surface area contributed by atoms with Gasteiger partial charge in [0.15, 0.2) is 5.65 Å². The van der Waals surface area contributed by atoms with Gasteiger partial charge < -0.3 is 30.8 Å². The highest BCUT2D eigenvalue weighted by Gasteiger charge is 2.46. The van der Waals surface area contributed by atoms with Crippen molar-refractivity contribution >= 4 is 34.8 Å². The summed E-state index contributed by atoms with van der Waals surface area (Å²) in [4.78, 5) is 46.9. The molecule has 0 unspecified atom stereocenters. The van der Waals surface area contributed by atoms with Crippen LogP contribution >= 0.6 is 0 Å². The van der Waals surface area contributed by atoms with Crippen LogP contribution in [0.2, 0.25) is 0 Å². The Bertz CT molecular complexity index is 1580. The predicted molar refractivity (Wildman–Crippen MR) is 151 cm³/mol. The van der Waals surface area contributed by atoms with E-state index in [2.05, 4.69) is 53.5 Å². The highest BCUT2D eigenvalue weighted by atomic mass is 16.3. The lowest BCUT2D eigenvalue weighted by molar-refractivity contribution is -0.119. The zero-order chi connectivity index (χ0) is 28.3. The zero-order valence-corrected chi connectivity index (χ0v) is 22.7. The van der Waals surface area contributed by atoms with Crippen LogP contribution in [0, 0.1) is 12.8 Å². The van der Waals surface area contributed by atoms with Gasteiger partial charge in [-0.1, -0.05) is 0 Å². The molecule has 212 valence electrons.